The van der Waals surface area contributed by atoms with E-state index in [1.54, 1.807) is 0 Å². The summed E-state index contributed by atoms with van der Waals surface area (Å²) in [5.41, 5.74) is 4.36. The van der Waals surface area contributed by atoms with Crippen molar-refractivity contribution in [3.05, 3.63) is 52.3 Å². The van der Waals surface area contributed by atoms with E-state index in [1.165, 1.54) is 11.4 Å². The van der Waals surface area contributed by atoms with E-state index in [0.29, 0.717) is 5.02 Å². The molecule has 2 nitrogen and oxygen atoms in total. The average molecular weight is 247 g/mol. The topological polar surface area (TPSA) is 17.3 Å². The van der Waals surface area contributed by atoms with Crippen molar-refractivity contribution in [3.8, 4) is 0 Å². The molecule has 2 aromatic rings. The number of hydrogen-bond acceptors (Lipinski definition) is 1. The van der Waals surface area contributed by atoms with E-state index in [9.17, 15) is 0 Å². The predicted octanol–water partition coefficient (Wildman–Crippen LogP) is 4.05. The van der Waals surface area contributed by atoms with E-state index in [0.717, 1.165) is 11.3 Å². The Morgan fingerprint density at radius 3 is 2.53 bits per heavy atom. The van der Waals surface area contributed by atoms with Crippen molar-refractivity contribution in [2.45, 2.75) is 13.8 Å². The summed E-state index contributed by atoms with van der Waals surface area (Å²) < 4.78 is 2.15. The molecule has 3 heteroatoms. The van der Waals surface area contributed by atoms with Crippen LogP contribution >= 0.6 is 11.6 Å². The molecule has 1 heterocycles. The molecule has 17 heavy (non-hydrogen) atoms. The molecular weight excluding hydrogens is 232 g/mol. The molecule has 0 bridgehead atoms. The third-order valence-electron chi connectivity index (χ3n) is 3.01. The van der Waals surface area contributed by atoms with Gasteiger partial charge in [-0.1, -0.05) is 23.7 Å². The van der Waals surface area contributed by atoms with Gasteiger partial charge in [-0.2, -0.15) is 0 Å². The summed E-state index contributed by atoms with van der Waals surface area (Å²) in [6.07, 6.45) is 1.86. The van der Waals surface area contributed by atoms with Crippen molar-refractivity contribution < 1.29 is 0 Å². The highest BCUT2D eigenvalue weighted by Gasteiger charge is 2.03. The number of aryl methyl sites for hydroxylation is 1. The smallest absolute Gasteiger partial charge is 0.0816 e. The Hall–Kier alpha value is -1.54. The quantitative estimate of drug-likeness (QED) is 0.712. The van der Waals surface area contributed by atoms with E-state index < -0.39 is 0 Å². The average Bonchev–Trinajstić information content (AvgIpc) is 2.56. The van der Waals surface area contributed by atoms with Crippen molar-refractivity contribution in [2.24, 2.45) is 12.0 Å². The lowest BCUT2D eigenvalue weighted by atomic mass is 10.2. The summed E-state index contributed by atoms with van der Waals surface area (Å²) in [5.74, 6) is 0. The number of para-hydroxylation sites is 1. The summed E-state index contributed by atoms with van der Waals surface area (Å²) in [6.45, 7) is 4.17. The van der Waals surface area contributed by atoms with Gasteiger partial charge in [-0.25, -0.2) is 0 Å². The second-order valence-electron chi connectivity index (χ2n) is 4.10. The van der Waals surface area contributed by atoms with Gasteiger partial charge in [-0.05, 0) is 32.0 Å². The molecule has 0 amide bonds. The lowest BCUT2D eigenvalue weighted by Gasteiger charge is -1.99. The minimum Gasteiger partial charge on any atom is -0.352 e. The van der Waals surface area contributed by atoms with Crippen molar-refractivity contribution in [2.75, 3.05) is 0 Å². The lowest BCUT2D eigenvalue weighted by molar-refractivity contribution is 0.843. The molecule has 0 aliphatic rings. The van der Waals surface area contributed by atoms with Gasteiger partial charge < -0.3 is 4.57 Å². The first-order valence-corrected chi connectivity index (χ1v) is 5.89. The summed E-state index contributed by atoms with van der Waals surface area (Å²) in [6, 6.07) is 9.71. The molecule has 88 valence electrons. The molecule has 0 saturated heterocycles. The fourth-order valence-electron chi connectivity index (χ4n) is 1.71. The second kappa shape index (κ2) is 4.76. The maximum atomic E-state index is 6.05. The fraction of sp³-hybridized carbons (Fsp3) is 0.214. The largest absolute Gasteiger partial charge is 0.352 e. The van der Waals surface area contributed by atoms with Crippen LogP contribution < -0.4 is 0 Å². The second-order valence-corrected chi connectivity index (χ2v) is 4.50. The first-order chi connectivity index (χ1) is 8.09. The van der Waals surface area contributed by atoms with Crippen LogP contribution in [0.1, 0.15) is 17.0 Å². The fourth-order valence-corrected chi connectivity index (χ4v) is 1.90. The Bertz CT molecular complexity index is 568. The highest BCUT2D eigenvalue weighted by Crippen LogP contribution is 2.23. The van der Waals surface area contributed by atoms with Gasteiger partial charge in [0.2, 0.25) is 0 Å². The maximum Gasteiger partial charge on any atom is 0.0816 e. The molecule has 0 atom stereocenters. The van der Waals surface area contributed by atoms with Crippen LogP contribution in [0.25, 0.3) is 0 Å². The Morgan fingerprint density at radius 2 is 1.94 bits per heavy atom. The van der Waals surface area contributed by atoms with E-state index in [1.807, 2.05) is 30.5 Å². The molecule has 0 fully saturated rings. The highest BCUT2D eigenvalue weighted by atomic mass is 35.5. The molecule has 0 N–H and O–H groups in total. The zero-order valence-corrected chi connectivity index (χ0v) is 11.0. The SMILES string of the molecule is Cc1cc(C=Nc2ccccc2Cl)c(C)n1C. The van der Waals surface area contributed by atoms with Gasteiger partial charge in [0, 0.05) is 30.2 Å². The van der Waals surface area contributed by atoms with Crippen LogP contribution in [-0.2, 0) is 7.05 Å². The van der Waals surface area contributed by atoms with Gasteiger partial charge in [-0.15, -0.1) is 0 Å². The van der Waals surface area contributed by atoms with Gasteiger partial charge in [0.15, 0.2) is 0 Å². The normalized spacial score (nSPS) is 11.3. The Morgan fingerprint density at radius 1 is 1.24 bits per heavy atom. The zero-order chi connectivity index (χ0) is 12.4. The van der Waals surface area contributed by atoms with Crippen molar-refractivity contribution in [1.82, 2.24) is 4.57 Å². The molecule has 0 spiro atoms. The Kier molecular flexibility index (Phi) is 3.34. The van der Waals surface area contributed by atoms with Gasteiger partial charge in [0.05, 0.1) is 10.7 Å². The van der Waals surface area contributed by atoms with E-state index >= 15 is 0 Å². The third kappa shape index (κ3) is 2.42. The van der Waals surface area contributed by atoms with Crippen LogP contribution in [0.4, 0.5) is 5.69 Å². The molecule has 1 aromatic carbocycles. The lowest BCUT2D eigenvalue weighted by Crippen LogP contribution is -1.93. The van der Waals surface area contributed by atoms with Crippen LogP contribution in [0.3, 0.4) is 0 Å². The maximum absolute atomic E-state index is 6.05. The summed E-state index contributed by atoms with van der Waals surface area (Å²) in [4.78, 5) is 4.42. The summed E-state index contributed by atoms with van der Waals surface area (Å²) in [5, 5.41) is 0.675. The number of rotatable bonds is 2. The van der Waals surface area contributed by atoms with Crippen molar-refractivity contribution in [1.29, 1.82) is 0 Å². The van der Waals surface area contributed by atoms with Gasteiger partial charge >= 0.3 is 0 Å². The molecule has 0 aliphatic carbocycles. The van der Waals surface area contributed by atoms with E-state index in [4.69, 9.17) is 11.6 Å². The van der Waals surface area contributed by atoms with Gasteiger partial charge in [0.1, 0.15) is 0 Å². The zero-order valence-electron chi connectivity index (χ0n) is 10.2. The first-order valence-electron chi connectivity index (χ1n) is 5.51. The number of hydrogen-bond donors (Lipinski definition) is 0. The van der Waals surface area contributed by atoms with Crippen molar-refractivity contribution in [3.63, 3.8) is 0 Å². The number of benzene rings is 1. The van der Waals surface area contributed by atoms with E-state index in [-0.39, 0.29) is 0 Å². The van der Waals surface area contributed by atoms with Crippen LogP contribution in [0.2, 0.25) is 5.02 Å². The molecule has 0 aliphatic heterocycles. The van der Waals surface area contributed by atoms with Crippen molar-refractivity contribution >= 4 is 23.5 Å². The van der Waals surface area contributed by atoms with Gasteiger partial charge in [-0.3, -0.25) is 4.99 Å². The molecule has 2 rings (SSSR count). The standard InChI is InChI=1S/C14H15ClN2/c1-10-8-12(11(2)17(10)3)9-16-14-7-5-4-6-13(14)15/h4-9H,1-3H3. The number of nitrogens with zero attached hydrogens (tertiary/aromatic N) is 2. The van der Waals surface area contributed by atoms with Crippen LogP contribution in [-0.4, -0.2) is 10.8 Å². The predicted molar refractivity (Wildman–Crippen MR) is 73.6 cm³/mol. The summed E-state index contributed by atoms with van der Waals surface area (Å²) in [7, 11) is 2.05. The first kappa shape index (κ1) is 11.9. The number of aliphatic imine (C=N–C) groups is 1. The molecular formula is C14H15ClN2. The van der Waals surface area contributed by atoms with Gasteiger partial charge in [0.25, 0.3) is 0 Å². The molecule has 0 unspecified atom stereocenters. The molecule has 0 saturated carbocycles. The minimum absolute atomic E-state index is 0.675. The summed E-state index contributed by atoms with van der Waals surface area (Å²) >= 11 is 6.05. The van der Waals surface area contributed by atoms with Crippen LogP contribution in [0, 0.1) is 13.8 Å². The molecule has 1 aromatic heterocycles. The number of aromatic nitrogens is 1. The third-order valence-corrected chi connectivity index (χ3v) is 3.33. The molecule has 0 radical (unpaired) electrons. The highest BCUT2D eigenvalue weighted by molar-refractivity contribution is 6.33. The monoisotopic (exact) mass is 246 g/mol. The van der Waals surface area contributed by atoms with Crippen LogP contribution in [0.15, 0.2) is 35.3 Å². The number of halogens is 1. The van der Waals surface area contributed by atoms with E-state index in [2.05, 4.69) is 36.5 Å². The Balaban J connectivity index is 2.33. The van der Waals surface area contributed by atoms with Crippen LogP contribution in [0.5, 0.6) is 0 Å². The Labute approximate surface area is 107 Å². The minimum atomic E-state index is 0.675.